The van der Waals surface area contributed by atoms with Crippen LogP contribution >= 0.6 is 0 Å². The van der Waals surface area contributed by atoms with Gasteiger partial charge in [-0.1, -0.05) is 54.6 Å². The van der Waals surface area contributed by atoms with E-state index in [1.54, 1.807) is 97.9 Å². The highest BCUT2D eigenvalue weighted by Crippen LogP contribution is 2.35. The third-order valence-corrected chi connectivity index (χ3v) is 5.98. The van der Waals surface area contributed by atoms with E-state index in [-0.39, 0.29) is 24.2 Å². The van der Waals surface area contributed by atoms with E-state index < -0.39 is 42.0 Å². The van der Waals surface area contributed by atoms with Crippen molar-refractivity contribution >= 4 is 17.9 Å². The third kappa shape index (κ3) is 5.79. The van der Waals surface area contributed by atoms with Gasteiger partial charge in [0.1, 0.15) is 12.7 Å². The fourth-order valence-corrected chi connectivity index (χ4v) is 3.90. The van der Waals surface area contributed by atoms with Crippen LogP contribution in [0.2, 0.25) is 0 Å². The van der Waals surface area contributed by atoms with Crippen molar-refractivity contribution in [3.8, 4) is 0 Å². The zero-order valence-electron chi connectivity index (χ0n) is 19.6. The van der Waals surface area contributed by atoms with Gasteiger partial charge in [0, 0.05) is 6.42 Å². The Balaban J connectivity index is 1.58. The summed E-state index contributed by atoms with van der Waals surface area (Å²) < 4.78 is 22.6. The number of carbonyl (C=O) groups is 3. The molecule has 4 atom stereocenters. The number of benzene rings is 3. The molecule has 1 aliphatic rings. The molecule has 1 N–H and O–H groups in total. The Bertz CT molecular complexity index is 1180. The van der Waals surface area contributed by atoms with Crippen molar-refractivity contribution < 1.29 is 38.4 Å². The lowest BCUT2D eigenvalue weighted by atomic mass is 9.87. The molecule has 0 radical (unpaired) electrons. The van der Waals surface area contributed by atoms with Crippen LogP contribution in [0.4, 0.5) is 0 Å². The number of hydrogen-bond donors (Lipinski definition) is 1. The topological polar surface area (TPSA) is 108 Å². The Labute approximate surface area is 208 Å². The van der Waals surface area contributed by atoms with Crippen LogP contribution in [0, 0.1) is 0 Å². The summed E-state index contributed by atoms with van der Waals surface area (Å²) >= 11 is 0. The maximum Gasteiger partial charge on any atom is 0.338 e. The molecule has 3 aromatic carbocycles. The molecule has 0 spiro atoms. The molecular formula is C28H26O8. The summed E-state index contributed by atoms with van der Waals surface area (Å²) in [6.45, 7) is 1.21. The number of rotatable bonds is 7. The van der Waals surface area contributed by atoms with Crippen LogP contribution in [-0.2, 0) is 18.9 Å². The molecule has 0 saturated carbocycles. The number of carbonyl (C=O) groups excluding carboxylic acids is 3. The molecule has 36 heavy (non-hydrogen) atoms. The Morgan fingerprint density at radius 2 is 1.28 bits per heavy atom. The van der Waals surface area contributed by atoms with E-state index in [0.717, 1.165) is 0 Å². The SMILES string of the molecule is CC1O[C@@H](O)C(OC(=O)c2ccccc2)C[C@@]1(COC(=O)c1ccccc1)OC(=O)c1ccccc1. The molecule has 8 nitrogen and oxygen atoms in total. The average molecular weight is 491 g/mol. The van der Waals surface area contributed by atoms with Crippen molar-refractivity contribution in [2.24, 2.45) is 0 Å². The fourth-order valence-electron chi connectivity index (χ4n) is 3.90. The first kappa shape index (κ1) is 25.1. The second-order valence-electron chi connectivity index (χ2n) is 8.45. The summed E-state index contributed by atoms with van der Waals surface area (Å²) in [6.07, 6.45) is -3.71. The van der Waals surface area contributed by atoms with Gasteiger partial charge < -0.3 is 24.1 Å². The second-order valence-corrected chi connectivity index (χ2v) is 8.45. The van der Waals surface area contributed by atoms with E-state index in [1.165, 1.54) is 0 Å². The summed E-state index contributed by atoms with van der Waals surface area (Å²) in [6, 6.07) is 24.9. The average Bonchev–Trinajstić information content (AvgIpc) is 2.91. The van der Waals surface area contributed by atoms with Crippen LogP contribution in [0.25, 0.3) is 0 Å². The lowest BCUT2D eigenvalue weighted by molar-refractivity contribution is -0.276. The van der Waals surface area contributed by atoms with Crippen LogP contribution in [0.1, 0.15) is 44.4 Å². The first-order valence-corrected chi connectivity index (χ1v) is 11.5. The molecule has 1 heterocycles. The molecule has 8 heteroatoms. The molecule has 2 unspecified atom stereocenters. The Morgan fingerprint density at radius 3 is 1.81 bits per heavy atom. The van der Waals surface area contributed by atoms with E-state index in [0.29, 0.717) is 5.56 Å². The van der Waals surface area contributed by atoms with Crippen molar-refractivity contribution in [2.75, 3.05) is 6.61 Å². The minimum absolute atomic E-state index is 0.158. The molecule has 0 amide bonds. The summed E-state index contributed by atoms with van der Waals surface area (Å²) in [4.78, 5) is 38.3. The van der Waals surface area contributed by atoms with Crippen LogP contribution in [0.15, 0.2) is 91.0 Å². The predicted molar refractivity (Wildman–Crippen MR) is 128 cm³/mol. The van der Waals surface area contributed by atoms with Crippen LogP contribution in [0.3, 0.4) is 0 Å². The van der Waals surface area contributed by atoms with Gasteiger partial charge in [-0.05, 0) is 43.3 Å². The lowest BCUT2D eigenvalue weighted by Crippen LogP contribution is -2.60. The minimum atomic E-state index is -1.54. The Hall–Kier alpha value is -4.01. The molecule has 4 rings (SSSR count). The quantitative estimate of drug-likeness (QED) is 0.394. The van der Waals surface area contributed by atoms with E-state index in [4.69, 9.17) is 18.9 Å². The maximum absolute atomic E-state index is 13.0. The summed E-state index contributed by atoms with van der Waals surface area (Å²) in [5.41, 5.74) is -0.662. The molecular weight excluding hydrogens is 464 g/mol. The molecule has 1 saturated heterocycles. The summed E-state index contributed by atoms with van der Waals surface area (Å²) in [5, 5.41) is 10.5. The van der Waals surface area contributed by atoms with Gasteiger partial charge in [-0.15, -0.1) is 0 Å². The number of hydrogen-bond acceptors (Lipinski definition) is 8. The lowest BCUT2D eigenvalue weighted by Gasteiger charge is -2.45. The van der Waals surface area contributed by atoms with Crippen molar-refractivity contribution in [3.05, 3.63) is 108 Å². The minimum Gasteiger partial charge on any atom is -0.458 e. The smallest absolute Gasteiger partial charge is 0.338 e. The van der Waals surface area contributed by atoms with Gasteiger partial charge in [0.15, 0.2) is 18.0 Å². The van der Waals surface area contributed by atoms with Gasteiger partial charge in [-0.3, -0.25) is 0 Å². The van der Waals surface area contributed by atoms with E-state index in [9.17, 15) is 19.5 Å². The van der Waals surface area contributed by atoms with Gasteiger partial charge in [0.25, 0.3) is 0 Å². The Morgan fingerprint density at radius 1 is 0.806 bits per heavy atom. The van der Waals surface area contributed by atoms with Crippen LogP contribution < -0.4 is 0 Å². The molecule has 0 aromatic heterocycles. The Kier molecular flexibility index (Phi) is 7.77. The standard InChI is InChI=1S/C28H26O8/c1-19-28(36-26(31)22-15-9-4-10-16-22,18-33-24(29)20-11-5-2-6-12-20)17-23(27(32)34-19)35-25(30)21-13-7-3-8-14-21/h2-16,19,23,27,32H,17-18H2,1H3/t19?,23?,27-,28+/m1/s1. The molecule has 0 aliphatic carbocycles. The van der Waals surface area contributed by atoms with Crippen molar-refractivity contribution in [3.63, 3.8) is 0 Å². The zero-order valence-corrected chi connectivity index (χ0v) is 19.6. The summed E-state index contributed by atoms with van der Waals surface area (Å²) in [5.74, 6) is -1.98. The van der Waals surface area contributed by atoms with E-state index in [1.807, 2.05) is 0 Å². The second kappa shape index (κ2) is 11.2. The highest BCUT2D eigenvalue weighted by Gasteiger charge is 2.52. The number of aliphatic hydroxyl groups is 1. The van der Waals surface area contributed by atoms with Crippen molar-refractivity contribution in [1.29, 1.82) is 0 Å². The molecule has 186 valence electrons. The van der Waals surface area contributed by atoms with E-state index in [2.05, 4.69) is 0 Å². The highest BCUT2D eigenvalue weighted by atomic mass is 16.7. The number of esters is 3. The van der Waals surface area contributed by atoms with Gasteiger partial charge in [0.2, 0.25) is 0 Å². The van der Waals surface area contributed by atoms with Crippen molar-refractivity contribution in [1.82, 2.24) is 0 Å². The molecule has 3 aromatic rings. The maximum atomic E-state index is 13.0. The first-order valence-electron chi connectivity index (χ1n) is 11.5. The van der Waals surface area contributed by atoms with Gasteiger partial charge >= 0.3 is 17.9 Å². The van der Waals surface area contributed by atoms with Gasteiger partial charge in [-0.25, -0.2) is 14.4 Å². The normalized spacial score (nSPS) is 23.3. The van der Waals surface area contributed by atoms with Gasteiger partial charge in [-0.2, -0.15) is 0 Å². The molecule has 0 bridgehead atoms. The first-order chi connectivity index (χ1) is 17.4. The van der Waals surface area contributed by atoms with Crippen LogP contribution in [0.5, 0.6) is 0 Å². The number of aliphatic hydroxyl groups excluding tert-OH is 1. The third-order valence-electron chi connectivity index (χ3n) is 5.98. The van der Waals surface area contributed by atoms with E-state index >= 15 is 0 Å². The van der Waals surface area contributed by atoms with Crippen LogP contribution in [-0.4, -0.2) is 53.7 Å². The molecule has 1 aliphatic heterocycles. The monoisotopic (exact) mass is 490 g/mol. The number of ether oxygens (including phenoxy) is 4. The van der Waals surface area contributed by atoms with Crippen molar-refractivity contribution in [2.45, 2.75) is 37.4 Å². The molecule has 1 fully saturated rings. The summed E-state index contributed by atoms with van der Waals surface area (Å²) in [7, 11) is 0. The highest BCUT2D eigenvalue weighted by molar-refractivity contribution is 5.91. The predicted octanol–water partition coefficient (Wildman–Crippen LogP) is 3.79. The van der Waals surface area contributed by atoms with Gasteiger partial charge in [0.05, 0.1) is 16.7 Å². The fraction of sp³-hybridized carbons (Fsp3) is 0.250. The zero-order chi connectivity index (χ0) is 25.5. The largest absolute Gasteiger partial charge is 0.458 e.